The van der Waals surface area contributed by atoms with E-state index in [1.54, 1.807) is 10.9 Å². The fraction of sp³-hybridized carbons (Fsp3) is 0.273. The molecule has 2 aromatic heterocycles. The van der Waals surface area contributed by atoms with Gasteiger partial charge in [-0.1, -0.05) is 0 Å². The fourth-order valence-corrected chi connectivity index (χ4v) is 1.53. The van der Waals surface area contributed by atoms with Crippen LogP contribution in [-0.2, 0) is 7.05 Å². The van der Waals surface area contributed by atoms with Crippen LogP contribution in [0.3, 0.4) is 0 Å². The van der Waals surface area contributed by atoms with Crippen LogP contribution >= 0.6 is 0 Å². The van der Waals surface area contributed by atoms with Crippen molar-refractivity contribution in [3.63, 3.8) is 0 Å². The van der Waals surface area contributed by atoms with E-state index < -0.39 is 0 Å². The Morgan fingerprint density at radius 2 is 2.20 bits per heavy atom. The number of aromatic nitrogens is 3. The van der Waals surface area contributed by atoms with Crippen LogP contribution in [0.4, 0.5) is 0 Å². The van der Waals surface area contributed by atoms with Gasteiger partial charge in [0, 0.05) is 25.1 Å². The molecule has 0 aliphatic carbocycles. The molecule has 0 aliphatic rings. The predicted molar refractivity (Wildman–Crippen MR) is 58.2 cm³/mol. The average molecular weight is 202 g/mol. The summed E-state index contributed by atoms with van der Waals surface area (Å²) in [7, 11) is 1.88. The molecule has 4 nitrogen and oxygen atoms in total. The van der Waals surface area contributed by atoms with Gasteiger partial charge in [0.05, 0.1) is 11.7 Å². The molecule has 0 saturated heterocycles. The van der Waals surface area contributed by atoms with Crippen molar-refractivity contribution in [2.24, 2.45) is 12.8 Å². The van der Waals surface area contributed by atoms with Crippen LogP contribution in [0.2, 0.25) is 0 Å². The van der Waals surface area contributed by atoms with Crippen LogP contribution in [0.5, 0.6) is 0 Å². The first-order valence-electron chi connectivity index (χ1n) is 4.84. The number of pyridine rings is 1. The second kappa shape index (κ2) is 3.82. The zero-order valence-corrected chi connectivity index (χ0v) is 8.88. The van der Waals surface area contributed by atoms with Crippen molar-refractivity contribution in [1.82, 2.24) is 14.8 Å². The van der Waals surface area contributed by atoms with Crippen molar-refractivity contribution < 1.29 is 0 Å². The lowest BCUT2D eigenvalue weighted by atomic mass is 10.1. The average Bonchev–Trinajstić information content (AvgIpc) is 2.64. The summed E-state index contributed by atoms with van der Waals surface area (Å²) in [4.78, 5) is 4.14. The summed E-state index contributed by atoms with van der Waals surface area (Å²) in [6, 6.07) is 5.67. The molecule has 0 amide bonds. The Hall–Kier alpha value is -1.68. The molecule has 2 rings (SSSR count). The molecule has 1 atom stereocenters. The van der Waals surface area contributed by atoms with E-state index in [9.17, 15) is 0 Å². The smallest absolute Gasteiger partial charge is 0.0837 e. The third kappa shape index (κ3) is 2.05. The number of nitrogens with zero attached hydrogens (tertiary/aromatic N) is 3. The molecular weight excluding hydrogens is 188 g/mol. The molecule has 0 aliphatic heterocycles. The van der Waals surface area contributed by atoms with Gasteiger partial charge in [0.15, 0.2) is 0 Å². The Bertz CT molecular complexity index is 461. The van der Waals surface area contributed by atoms with Crippen molar-refractivity contribution in [2.45, 2.75) is 13.0 Å². The van der Waals surface area contributed by atoms with E-state index in [1.165, 1.54) is 0 Å². The van der Waals surface area contributed by atoms with Crippen LogP contribution in [0.15, 0.2) is 30.6 Å². The Balaban J connectivity index is 2.32. The molecule has 0 fully saturated rings. The normalized spacial score (nSPS) is 12.7. The Morgan fingerprint density at radius 1 is 1.40 bits per heavy atom. The molecule has 4 heteroatoms. The van der Waals surface area contributed by atoms with E-state index in [-0.39, 0.29) is 6.04 Å². The summed E-state index contributed by atoms with van der Waals surface area (Å²) < 4.78 is 1.75. The molecule has 1 unspecified atom stereocenters. The van der Waals surface area contributed by atoms with E-state index in [1.807, 2.05) is 38.4 Å². The van der Waals surface area contributed by atoms with Crippen LogP contribution in [-0.4, -0.2) is 14.8 Å². The summed E-state index contributed by atoms with van der Waals surface area (Å²) in [5.41, 5.74) is 8.99. The first-order valence-corrected chi connectivity index (χ1v) is 4.84. The van der Waals surface area contributed by atoms with Gasteiger partial charge in [-0.25, -0.2) is 0 Å². The third-order valence-corrected chi connectivity index (χ3v) is 2.33. The molecule has 2 aromatic rings. The largest absolute Gasteiger partial charge is 0.319 e. The van der Waals surface area contributed by atoms with Gasteiger partial charge in [-0.2, -0.15) is 5.10 Å². The minimum absolute atomic E-state index is 0.173. The molecule has 0 saturated carbocycles. The van der Waals surface area contributed by atoms with Crippen molar-refractivity contribution in [3.8, 4) is 0 Å². The maximum Gasteiger partial charge on any atom is 0.0837 e. The minimum Gasteiger partial charge on any atom is -0.319 e. The molecule has 2 heterocycles. The van der Waals surface area contributed by atoms with Crippen molar-refractivity contribution in [1.29, 1.82) is 0 Å². The van der Waals surface area contributed by atoms with E-state index in [4.69, 9.17) is 5.73 Å². The summed E-state index contributed by atoms with van der Waals surface area (Å²) in [5.74, 6) is 0. The second-order valence-corrected chi connectivity index (χ2v) is 3.62. The molecule has 2 N–H and O–H groups in total. The highest BCUT2D eigenvalue weighted by Crippen LogP contribution is 2.17. The highest BCUT2D eigenvalue weighted by atomic mass is 15.3. The van der Waals surface area contributed by atoms with Gasteiger partial charge in [0.2, 0.25) is 0 Å². The monoisotopic (exact) mass is 202 g/mol. The van der Waals surface area contributed by atoms with Crippen LogP contribution in [0.25, 0.3) is 0 Å². The lowest BCUT2D eigenvalue weighted by Gasteiger charge is -2.09. The van der Waals surface area contributed by atoms with Crippen LogP contribution in [0, 0.1) is 6.92 Å². The summed E-state index contributed by atoms with van der Waals surface area (Å²) in [6.45, 7) is 1.95. The van der Waals surface area contributed by atoms with Crippen molar-refractivity contribution >= 4 is 0 Å². The molecule has 15 heavy (non-hydrogen) atoms. The van der Waals surface area contributed by atoms with Crippen molar-refractivity contribution in [3.05, 3.63) is 47.5 Å². The molecule has 0 radical (unpaired) electrons. The fourth-order valence-electron chi connectivity index (χ4n) is 1.53. The van der Waals surface area contributed by atoms with Gasteiger partial charge in [-0.05, 0) is 30.7 Å². The lowest BCUT2D eigenvalue weighted by Crippen LogP contribution is -2.13. The molecule has 0 aromatic carbocycles. The highest BCUT2D eigenvalue weighted by molar-refractivity contribution is 5.26. The molecule has 78 valence electrons. The first-order chi connectivity index (χ1) is 7.16. The SMILES string of the molecule is Cc1cc(C(N)c2ccn(C)n2)ccn1. The number of aryl methyl sites for hydroxylation is 2. The summed E-state index contributed by atoms with van der Waals surface area (Å²) >= 11 is 0. The number of rotatable bonds is 2. The molecule has 0 spiro atoms. The topological polar surface area (TPSA) is 56.7 Å². The van der Waals surface area contributed by atoms with Gasteiger partial charge in [0.25, 0.3) is 0 Å². The maximum absolute atomic E-state index is 6.09. The number of hydrogen-bond acceptors (Lipinski definition) is 3. The molecular formula is C11H14N4. The van der Waals surface area contributed by atoms with E-state index >= 15 is 0 Å². The van der Waals surface area contributed by atoms with E-state index in [0.717, 1.165) is 17.0 Å². The van der Waals surface area contributed by atoms with Crippen molar-refractivity contribution in [2.75, 3.05) is 0 Å². The van der Waals surface area contributed by atoms with Gasteiger partial charge in [0.1, 0.15) is 0 Å². The van der Waals surface area contributed by atoms with Gasteiger partial charge in [-0.15, -0.1) is 0 Å². The molecule has 0 bridgehead atoms. The standard InChI is InChI=1S/C11H14N4/c1-8-7-9(3-5-13-8)11(12)10-4-6-15(2)14-10/h3-7,11H,12H2,1-2H3. The number of hydrogen-bond donors (Lipinski definition) is 1. The predicted octanol–water partition coefficient (Wildman–Crippen LogP) is 1.17. The second-order valence-electron chi connectivity index (χ2n) is 3.62. The third-order valence-electron chi connectivity index (χ3n) is 2.33. The zero-order valence-electron chi connectivity index (χ0n) is 8.88. The minimum atomic E-state index is -0.173. The number of nitrogens with two attached hydrogens (primary N) is 1. The van der Waals surface area contributed by atoms with E-state index in [0.29, 0.717) is 0 Å². The van der Waals surface area contributed by atoms with Gasteiger partial charge < -0.3 is 5.73 Å². The Labute approximate surface area is 88.8 Å². The highest BCUT2D eigenvalue weighted by Gasteiger charge is 2.11. The Morgan fingerprint density at radius 3 is 2.80 bits per heavy atom. The van der Waals surface area contributed by atoms with Crippen LogP contribution < -0.4 is 5.73 Å². The van der Waals surface area contributed by atoms with E-state index in [2.05, 4.69) is 10.1 Å². The quantitative estimate of drug-likeness (QED) is 0.795. The Kier molecular flexibility index (Phi) is 2.51. The lowest BCUT2D eigenvalue weighted by molar-refractivity contribution is 0.715. The first kappa shape index (κ1) is 9.86. The zero-order chi connectivity index (χ0) is 10.8. The van der Waals surface area contributed by atoms with Gasteiger partial charge >= 0.3 is 0 Å². The maximum atomic E-state index is 6.09. The summed E-state index contributed by atoms with van der Waals surface area (Å²) in [5, 5.41) is 4.29. The van der Waals surface area contributed by atoms with Gasteiger partial charge in [-0.3, -0.25) is 9.67 Å². The van der Waals surface area contributed by atoms with Crippen LogP contribution in [0.1, 0.15) is 23.0 Å². The summed E-state index contributed by atoms with van der Waals surface area (Å²) in [6.07, 6.45) is 3.66.